The van der Waals surface area contributed by atoms with Gasteiger partial charge in [-0.15, -0.1) is 12.4 Å². The highest BCUT2D eigenvalue weighted by Gasteiger charge is 2.31. The zero-order valence-corrected chi connectivity index (χ0v) is 12.7. The third-order valence-electron chi connectivity index (χ3n) is 3.61. The van der Waals surface area contributed by atoms with Crippen molar-refractivity contribution in [3.63, 3.8) is 0 Å². The summed E-state index contributed by atoms with van der Waals surface area (Å²) in [5, 5.41) is 5.87. The predicted molar refractivity (Wildman–Crippen MR) is 77.6 cm³/mol. The number of carbonyl (C=O) groups is 1. The van der Waals surface area contributed by atoms with E-state index in [2.05, 4.69) is 10.6 Å². The first-order chi connectivity index (χ1) is 9.54. The number of amides is 1. The van der Waals surface area contributed by atoms with Gasteiger partial charge in [0.2, 0.25) is 5.91 Å². The average Bonchev–Trinajstić information content (AvgIpc) is 2.85. The second kappa shape index (κ2) is 7.68. The van der Waals surface area contributed by atoms with Crippen molar-refractivity contribution in [1.82, 2.24) is 10.6 Å². The largest absolute Gasteiger partial charge is 0.378 e. The standard InChI is InChI=1S/C14H18F2N2O2.ClH/c1-8(13-9(15)4-3-5-10(13)16)14(19)18-11-6-17-7-12(11)20-2;/h3-5,8,11-12,17H,6-7H2,1-2H3,(H,18,19);1H/t8?,11?,12-;/m0./s1. The maximum absolute atomic E-state index is 13.7. The first kappa shape index (κ1) is 17.8. The predicted octanol–water partition coefficient (Wildman–Crippen LogP) is 1.59. The lowest BCUT2D eigenvalue weighted by atomic mass is 9.98. The number of carbonyl (C=O) groups excluding carboxylic acids is 1. The quantitative estimate of drug-likeness (QED) is 0.886. The third kappa shape index (κ3) is 3.90. The number of methoxy groups -OCH3 is 1. The van der Waals surface area contributed by atoms with Crippen molar-refractivity contribution in [1.29, 1.82) is 0 Å². The summed E-state index contributed by atoms with van der Waals surface area (Å²) in [5.74, 6) is -2.72. The molecule has 1 saturated heterocycles. The van der Waals surface area contributed by atoms with E-state index in [1.54, 1.807) is 7.11 Å². The van der Waals surface area contributed by atoms with E-state index in [9.17, 15) is 13.6 Å². The van der Waals surface area contributed by atoms with Crippen LogP contribution in [-0.2, 0) is 9.53 Å². The lowest BCUT2D eigenvalue weighted by molar-refractivity contribution is -0.123. The second-order valence-electron chi connectivity index (χ2n) is 4.90. The zero-order chi connectivity index (χ0) is 14.7. The van der Waals surface area contributed by atoms with Gasteiger partial charge in [0.15, 0.2) is 0 Å². The van der Waals surface area contributed by atoms with Gasteiger partial charge in [-0.05, 0) is 19.1 Å². The Balaban J connectivity index is 0.00000220. The summed E-state index contributed by atoms with van der Waals surface area (Å²) in [5.41, 5.74) is -0.204. The van der Waals surface area contributed by atoms with Gasteiger partial charge in [-0.3, -0.25) is 4.79 Å². The highest BCUT2D eigenvalue weighted by atomic mass is 35.5. The highest BCUT2D eigenvalue weighted by molar-refractivity contribution is 5.85. The highest BCUT2D eigenvalue weighted by Crippen LogP contribution is 2.22. The Morgan fingerprint density at radius 2 is 2.00 bits per heavy atom. The molecule has 1 fully saturated rings. The van der Waals surface area contributed by atoms with Gasteiger partial charge in [-0.1, -0.05) is 6.07 Å². The smallest absolute Gasteiger partial charge is 0.227 e. The number of rotatable bonds is 4. The molecule has 4 nitrogen and oxygen atoms in total. The van der Waals surface area contributed by atoms with E-state index in [1.165, 1.54) is 13.0 Å². The van der Waals surface area contributed by atoms with Gasteiger partial charge in [0, 0.05) is 25.8 Å². The molecule has 1 amide bonds. The monoisotopic (exact) mass is 320 g/mol. The second-order valence-corrected chi connectivity index (χ2v) is 4.90. The van der Waals surface area contributed by atoms with Crippen LogP contribution in [0.2, 0.25) is 0 Å². The summed E-state index contributed by atoms with van der Waals surface area (Å²) < 4.78 is 32.6. The summed E-state index contributed by atoms with van der Waals surface area (Å²) in [6, 6.07) is 3.39. The summed E-state index contributed by atoms with van der Waals surface area (Å²) in [4.78, 5) is 12.1. The van der Waals surface area contributed by atoms with E-state index in [-0.39, 0.29) is 30.1 Å². The molecule has 1 aromatic carbocycles. The van der Waals surface area contributed by atoms with Crippen molar-refractivity contribution in [2.45, 2.75) is 25.0 Å². The Morgan fingerprint density at radius 3 is 2.57 bits per heavy atom. The molecule has 0 radical (unpaired) electrons. The molecule has 0 aromatic heterocycles. The molecule has 2 N–H and O–H groups in total. The number of hydrogen-bond donors (Lipinski definition) is 2. The van der Waals surface area contributed by atoms with Crippen molar-refractivity contribution >= 4 is 18.3 Å². The SMILES string of the molecule is CO[C@H]1CNCC1NC(=O)C(C)c1c(F)cccc1F.Cl. The fourth-order valence-corrected chi connectivity index (χ4v) is 2.41. The molecule has 1 aliphatic rings. The minimum atomic E-state index is -0.894. The molecule has 2 unspecified atom stereocenters. The van der Waals surface area contributed by atoms with Gasteiger partial charge in [-0.25, -0.2) is 8.78 Å². The molecule has 118 valence electrons. The normalized spacial score (nSPS) is 22.5. The van der Waals surface area contributed by atoms with Crippen molar-refractivity contribution in [2.75, 3.05) is 20.2 Å². The van der Waals surface area contributed by atoms with Crippen molar-refractivity contribution in [2.24, 2.45) is 0 Å². The molecule has 3 atom stereocenters. The molecule has 0 bridgehead atoms. The van der Waals surface area contributed by atoms with E-state index in [0.29, 0.717) is 13.1 Å². The van der Waals surface area contributed by atoms with Crippen molar-refractivity contribution in [3.8, 4) is 0 Å². The van der Waals surface area contributed by atoms with Gasteiger partial charge in [0.05, 0.1) is 18.1 Å². The fraction of sp³-hybridized carbons (Fsp3) is 0.500. The molecule has 0 aliphatic carbocycles. The molecule has 7 heteroatoms. The lowest BCUT2D eigenvalue weighted by Gasteiger charge is -2.21. The molecular formula is C14H19ClF2N2O2. The van der Waals surface area contributed by atoms with E-state index in [4.69, 9.17) is 4.74 Å². The topological polar surface area (TPSA) is 50.4 Å². The van der Waals surface area contributed by atoms with Crippen LogP contribution in [0.25, 0.3) is 0 Å². The van der Waals surface area contributed by atoms with Crippen LogP contribution in [0.5, 0.6) is 0 Å². The first-order valence-corrected chi connectivity index (χ1v) is 6.52. The Morgan fingerprint density at radius 1 is 1.38 bits per heavy atom. The Labute approximate surface area is 128 Å². The van der Waals surface area contributed by atoms with Gasteiger partial charge < -0.3 is 15.4 Å². The molecule has 1 heterocycles. The van der Waals surface area contributed by atoms with Crippen LogP contribution in [0.4, 0.5) is 8.78 Å². The molecule has 1 aromatic rings. The minimum absolute atomic E-state index is 0. The summed E-state index contributed by atoms with van der Waals surface area (Å²) in [6.07, 6.45) is -0.128. The van der Waals surface area contributed by atoms with Crippen LogP contribution in [0.15, 0.2) is 18.2 Å². The average molecular weight is 321 g/mol. The van der Waals surface area contributed by atoms with E-state index in [0.717, 1.165) is 12.1 Å². The maximum Gasteiger partial charge on any atom is 0.227 e. The molecule has 1 aliphatic heterocycles. The van der Waals surface area contributed by atoms with E-state index < -0.39 is 23.5 Å². The number of ether oxygens (including phenoxy) is 1. The van der Waals surface area contributed by atoms with Crippen molar-refractivity contribution in [3.05, 3.63) is 35.4 Å². The summed E-state index contributed by atoms with van der Waals surface area (Å²) in [7, 11) is 1.57. The van der Waals surface area contributed by atoms with Crippen LogP contribution in [0.1, 0.15) is 18.4 Å². The lowest BCUT2D eigenvalue weighted by Crippen LogP contribution is -2.45. The Bertz CT molecular complexity index is 482. The van der Waals surface area contributed by atoms with Crippen LogP contribution in [0.3, 0.4) is 0 Å². The van der Waals surface area contributed by atoms with Gasteiger partial charge >= 0.3 is 0 Å². The van der Waals surface area contributed by atoms with Crippen LogP contribution in [0, 0.1) is 11.6 Å². The molecule has 2 rings (SSSR count). The Kier molecular flexibility index (Phi) is 6.51. The number of benzene rings is 1. The van der Waals surface area contributed by atoms with Gasteiger partial charge in [-0.2, -0.15) is 0 Å². The fourth-order valence-electron chi connectivity index (χ4n) is 2.41. The number of hydrogen-bond acceptors (Lipinski definition) is 3. The summed E-state index contributed by atoms with van der Waals surface area (Å²) in [6.45, 7) is 2.71. The van der Waals surface area contributed by atoms with Gasteiger partial charge in [0.25, 0.3) is 0 Å². The number of nitrogens with one attached hydrogen (secondary N) is 2. The van der Waals surface area contributed by atoms with Crippen LogP contribution in [-0.4, -0.2) is 38.3 Å². The molecule has 0 spiro atoms. The molecule has 0 saturated carbocycles. The van der Waals surface area contributed by atoms with Crippen molar-refractivity contribution < 1.29 is 18.3 Å². The zero-order valence-electron chi connectivity index (χ0n) is 11.9. The third-order valence-corrected chi connectivity index (χ3v) is 3.61. The van der Waals surface area contributed by atoms with Gasteiger partial charge in [0.1, 0.15) is 11.6 Å². The molecular weight excluding hydrogens is 302 g/mol. The van der Waals surface area contributed by atoms with Crippen LogP contribution >= 0.6 is 12.4 Å². The number of halogens is 3. The Hall–Kier alpha value is -1.24. The van der Waals surface area contributed by atoms with E-state index >= 15 is 0 Å². The molecule has 21 heavy (non-hydrogen) atoms. The van der Waals surface area contributed by atoms with E-state index in [1.807, 2.05) is 0 Å². The van der Waals surface area contributed by atoms with Crippen LogP contribution < -0.4 is 10.6 Å². The summed E-state index contributed by atoms with van der Waals surface area (Å²) >= 11 is 0. The maximum atomic E-state index is 13.7. The minimum Gasteiger partial charge on any atom is -0.378 e. The first-order valence-electron chi connectivity index (χ1n) is 6.52.